The van der Waals surface area contributed by atoms with E-state index in [1.807, 2.05) is 0 Å². The second-order valence-corrected chi connectivity index (χ2v) is 13.3. The van der Waals surface area contributed by atoms with Crippen molar-refractivity contribution in [1.29, 1.82) is 0 Å². The molecule has 1 amide bonds. The molecule has 0 heterocycles. The lowest BCUT2D eigenvalue weighted by Gasteiger charge is -2.64. The molecule has 0 saturated heterocycles. The van der Waals surface area contributed by atoms with Crippen LogP contribution < -0.4 is 5.32 Å². The van der Waals surface area contributed by atoms with Crippen LogP contribution in [0.4, 0.5) is 4.79 Å². The molecule has 4 aliphatic rings. The zero-order valence-electron chi connectivity index (χ0n) is 22.4. The molecule has 0 aliphatic heterocycles. The van der Waals surface area contributed by atoms with Crippen LogP contribution >= 0.6 is 0 Å². The highest BCUT2D eigenvalue weighted by Crippen LogP contribution is 2.69. The van der Waals surface area contributed by atoms with E-state index < -0.39 is 0 Å². The van der Waals surface area contributed by atoms with Gasteiger partial charge in [-0.05, 0) is 110 Å². The molecule has 4 rings (SSSR count). The average molecular weight is 478 g/mol. The molecule has 0 bridgehead atoms. The molecular weight excluding hydrogens is 426 g/mol. The maximum absolute atomic E-state index is 11.9. The van der Waals surface area contributed by atoms with Gasteiger partial charge in [-0.2, -0.15) is 0 Å². The average Bonchev–Trinajstić information content (AvgIpc) is 3.13. The fourth-order valence-corrected chi connectivity index (χ4v) is 9.37. The van der Waals surface area contributed by atoms with Crippen molar-refractivity contribution in [2.75, 3.05) is 13.2 Å². The molecule has 4 saturated carbocycles. The van der Waals surface area contributed by atoms with Crippen molar-refractivity contribution in [3.05, 3.63) is 0 Å². The van der Waals surface area contributed by atoms with Crippen molar-refractivity contribution in [2.45, 2.75) is 111 Å². The van der Waals surface area contributed by atoms with Gasteiger partial charge in [0.25, 0.3) is 0 Å². The molecule has 0 unspecified atom stereocenters. The van der Waals surface area contributed by atoms with Crippen LogP contribution in [0.3, 0.4) is 0 Å². The van der Waals surface area contributed by atoms with E-state index in [4.69, 9.17) is 4.74 Å². The highest BCUT2D eigenvalue weighted by atomic mass is 16.5. The molecule has 10 atom stereocenters. The first-order valence-electron chi connectivity index (χ1n) is 14.4. The Hall–Kier alpha value is -0.810. The zero-order chi connectivity index (χ0) is 24.7. The fourth-order valence-electron chi connectivity index (χ4n) is 9.37. The van der Waals surface area contributed by atoms with E-state index in [0.717, 1.165) is 38.5 Å². The first-order chi connectivity index (χ1) is 16.1. The van der Waals surface area contributed by atoms with Crippen LogP contribution in [-0.2, 0) is 4.74 Å². The Kier molecular flexibility index (Phi) is 7.94. The lowest BCUT2D eigenvalue weighted by Crippen LogP contribution is -2.62. The number of nitrogens with one attached hydrogen (secondary N) is 1. The predicted octanol–water partition coefficient (Wildman–Crippen LogP) is 5.78. The standard InChI is InChI=1S/C29H51NO4/c1-6-21-24-16-20(31)11-13-29(24,5)23-12-14-28(4)19(9-10-22(28)25(23)26(21)32)8-7-15-34-27(33)30-17-18(2)3/h18-26,31-32H,6-17H2,1-5H3,(H,30,33)/t19-,20+,21+,22-,23-,24-,25-,26+,28+,29+/m0/s1. The quantitative estimate of drug-likeness (QED) is 0.406. The Balaban J connectivity index is 1.40. The van der Waals surface area contributed by atoms with Gasteiger partial charge in [-0.3, -0.25) is 0 Å². The predicted molar refractivity (Wildman–Crippen MR) is 135 cm³/mol. The molecule has 196 valence electrons. The molecule has 4 fully saturated rings. The van der Waals surface area contributed by atoms with E-state index in [0.29, 0.717) is 54.6 Å². The first-order valence-corrected chi connectivity index (χ1v) is 14.4. The van der Waals surface area contributed by atoms with Crippen molar-refractivity contribution in [2.24, 2.45) is 52.3 Å². The Morgan fingerprint density at radius 1 is 1.03 bits per heavy atom. The Morgan fingerprint density at radius 2 is 1.74 bits per heavy atom. The summed E-state index contributed by atoms with van der Waals surface area (Å²) in [7, 11) is 0. The molecule has 5 heteroatoms. The van der Waals surface area contributed by atoms with Crippen LogP contribution in [-0.4, -0.2) is 41.7 Å². The summed E-state index contributed by atoms with van der Waals surface area (Å²) < 4.78 is 5.42. The minimum Gasteiger partial charge on any atom is -0.450 e. The summed E-state index contributed by atoms with van der Waals surface area (Å²) in [5.41, 5.74) is 0.554. The highest BCUT2D eigenvalue weighted by Gasteiger charge is 2.64. The summed E-state index contributed by atoms with van der Waals surface area (Å²) in [5, 5.41) is 25.1. The zero-order valence-corrected chi connectivity index (χ0v) is 22.4. The largest absolute Gasteiger partial charge is 0.450 e. The van der Waals surface area contributed by atoms with Gasteiger partial charge in [0.05, 0.1) is 18.8 Å². The van der Waals surface area contributed by atoms with Crippen LogP contribution in [0.25, 0.3) is 0 Å². The number of hydrogen-bond donors (Lipinski definition) is 3. The van der Waals surface area contributed by atoms with E-state index in [9.17, 15) is 15.0 Å². The summed E-state index contributed by atoms with van der Waals surface area (Å²) in [6, 6.07) is 0. The van der Waals surface area contributed by atoms with Crippen molar-refractivity contribution in [1.82, 2.24) is 5.32 Å². The van der Waals surface area contributed by atoms with E-state index in [1.165, 1.54) is 25.7 Å². The van der Waals surface area contributed by atoms with E-state index in [-0.39, 0.29) is 29.1 Å². The van der Waals surface area contributed by atoms with Crippen LogP contribution in [0.15, 0.2) is 0 Å². The molecule has 3 N–H and O–H groups in total. The normalized spacial score (nSPS) is 45.9. The lowest BCUT2D eigenvalue weighted by atomic mass is 9.41. The van der Waals surface area contributed by atoms with Gasteiger partial charge in [0.1, 0.15) is 0 Å². The maximum Gasteiger partial charge on any atom is 0.407 e. The van der Waals surface area contributed by atoms with Gasteiger partial charge in [0.15, 0.2) is 0 Å². The van der Waals surface area contributed by atoms with E-state index >= 15 is 0 Å². The Labute approximate surface area is 207 Å². The molecule has 0 spiro atoms. The van der Waals surface area contributed by atoms with Gasteiger partial charge in [-0.15, -0.1) is 0 Å². The van der Waals surface area contributed by atoms with E-state index in [2.05, 4.69) is 39.9 Å². The van der Waals surface area contributed by atoms with Gasteiger partial charge >= 0.3 is 6.09 Å². The number of aliphatic hydroxyl groups excluding tert-OH is 2. The summed E-state index contributed by atoms with van der Waals surface area (Å²) in [4.78, 5) is 11.9. The monoisotopic (exact) mass is 477 g/mol. The molecule has 34 heavy (non-hydrogen) atoms. The second-order valence-electron chi connectivity index (χ2n) is 13.3. The number of aliphatic hydroxyl groups is 2. The molecule has 5 nitrogen and oxygen atoms in total. The van der Waals surface area contributed by atoms with Crippen molar-refractivity contribution in [3.63, 3.8) is 0 Å². The molecule has 0 aromatic rings. The third-order valence-corrected chi connectivity index (χ3v) is 11.2. The van der Waals surface area contributed by atoms with Gasteiger partial charge in [-0.1, -0.05) is 41.0 Å². The minimum absolute atomic E-state index is 0.185. The number of carbonyl (C=O) groups is 1. The second kappa shape index (κ2) is 10.3. The number of carbonyl (C=O) groups excluding carboxylic acids is 1. The maximum atomic E-state index is 11.9. The lowest BCUT2D eigenvalue weighted by molar-refractivity contribution is -0.202. The summed E-state index contributed by atoms with van der Waals surface area (Å²) >= 11 is 0. The van der Waals surface area contributed by atoms with Crippen molar-refractivity contribution in [3.8, 4) is 0 Å². The number of amides is 1. The first kappa shape index (κ1) is 26.3. The van der Waals surface area contributed by atoms with Crippen LogP contribution in [0.2, 0.25) is 0 Å². The third-order valence-electron chi connectivity index (χ3n) is 11.2. The summed E-state index contributed by atoms with van der Waals surface area (Å²) in [5.74, 6) is 3.46. The number of hydrogen-bond acceptors (Lipinski definition) is 4. The minimum atomic E-state index is -0.291. The molecule has 0 radical (unpaired) electrons. The Bertz CT molecular complexity index is 712. The van der Waals surface area contributed by atoms with E-state index in [1.54, 1.807) is 0 Å². The fraction of sp³-hybridized carbons (Fsp3) is 0.966. The smallest absolute Gasteiger partial charge is 0.407 e. The molecular formula is C29H51NO4. The van der Waals surface area contributed by atoms with Crippen molar-refractivity contribution < 1.29 is 19.7 Å². The van der Waals surface area contributed by atoms with Crippen molar-refractivity contribution >= 4 is 6.09 Å². The van der Waals surface area contributed by atoms with Crippen LogP contribution in [0.5, 0.6) is 0 Å². The van der Waals surface area contributed by atoms with Gasteiger partial charge in [0, 0.05) is 6.54 Å². The SMILES string of the molecule is CC[C@H]1[C@@H](O)[C@@H]2[C@H](CC[C@]3(C)[C@@H](CCCOC(=O)NCC(C)C)CC[C@@H]23)[C@@]2(C)CC[C@@H](O)C[C@@H]12. The Morgan fingerprint density at radius 3 is 2.44 bits per heavy atom. The van der Waals surface area contributed by atoms with Crippen LogP contribution in [0.1, 0.15) is 98.8 Å². The highest BCUT2D eigenvalue weighted by molar-refractivity contribution is 5.67. The molecule has 0 aromatic carbocycles. The van der Waals surface area contributed by atoms with Gasteiger partial charge in [-0.25, -0.2) is 4.79 Å². The number of rotatable bonds is 7. The number of alkyl carbamates (subject to hydrolysis) is 1. The van der Waals surface area contributed by atoms with Gasteiger partial charge in [0.2, 0.25) is 0 Å². The summed E-state index contributed by atoms with van der Waals surface area (Å²) in [6.45, 7) is 12.6. The third kappa shape index (κ3) is 4.65. The number of ether oxygens (including phenoxy) is 1. The topological polar surface area (TPSA) is 78.8 Å². The number of fused-ring (bicyclic) bond motifs is 5. The molecule has 4 aliphatic carbocycles. The van der Waals surface area contributed by atoms with Gasteiger partial charge < -0.3 is 20.3 Å². The molecule has 0 aromatic heterocycles. The summed E-state index contributed by atoms with van der Waals surface area (Å²) in [6.07, 6.45) is 10.2. The van der Waals surface area contributed by atoms with Crippen LogP contribution in [0, 0.1) is 52.3 Å².